The van der Waals surface area contributed by atoms with Crippen LogP contribution in [0.2, 0.25) is 0 Å². The van der Waals surface area contributed by atoms with E-state index < -0.39 is 5.41 Å². The van der Waals surface area contributed by atoms with E-state index in [1.165, 1.54) is 18.5 Å². The molecule has 3 aromatic rings. The fourth-order valence-electron chi connectivity index (χ4n) is 5.30. The van der Waals surface area contributed by atoms with Crippen molar-refractivity contribution in [3.8, 4) is 17.5 Å². The summed E-state index contributed by atoms with van der Waals surface area (Å²) < 4.78 is 13.3. The maximum atomic E-state index is 13.7. The second kappa shape index (κ2) is 8.12. The minimum Gasteiger partial charge on any atom is -0.332 e. The topological polar surface area (TPSA) is 82.8 Å². The Bertz CT molecular complexity index is 1160. The zero-order valence-electron chi connectivity index (χ0n) is 17.5. The highest BCUT2D eigenvalue weighted by Crippen LogP contribution is 2.47. The number of nitriles is 1. The van der Waals surface area contributed by atoms with Crippen LogP contribution in [0, 0.1) is 22.6 Å². The number of halogens is 1. The van der Waals surface area contributed by atoms with Gasteiger partial charge in [0.1, 0.15) is 17.8 Å². The quantitative estimate of drug-likeness (QED) is 0.623. The number of piperidine rings is 1. The van der Waals surface area contributed by atoms with Crippen molar-refractivity contribution >= 4 is 5.91 Å². The number of hydrogen-bond donors (Lipinski definition) is 0. The molecule has 5 rings (SSSR count). The fourth-order valence-corrected chi connectivity index (χ4v) is 5.30. The smallest absolute Gasteiger partial charge is 0.256 e. The number of benzene rings is 1. The second-order valence-electron chi connectivity index (χ2n) is 8.70. The van der Waals surface area contributed by atoms with Crippen LogP contribution in [-0.2, 0) is 6.42 Å². The predicted molar refractivity (Wildman–Crippen MR) is 116 cm³/mol. The number of aromatic nitrogens is 3. The van der Waals surface area contributed by atoms with E-state index in [0.29, 0.717) is 36.2 Å². The highest BCUT2D eigenvalue weighted by atomic mass is 19.1. The molecule has 2 atom stereocenters. The Kier molecular flexibility index (Phi) is 5.14. The third-order valence-electron chi connectivity index (χ3n) is 6.66. The van der Waals surface area contributed by atoms with Crippen molar-refractivity contribution in [2.24, 2.45) is 5.41 Å². The van der Waals surface area contributed by atoms with E-state index in [9.17, 15) is 14.4 Å². The summed E-state index contributed by atoms with van der Waals surface area (Å²) in [5.74, 6) is -0.344. The van der Waals surface area contributed by atoms with Gasteiger partial charge in [-0.3, -0.25) is 9.78 Å². The van der Waals surface area contributed by atoms with Crippen LogP contribution in [0.15, 0.2) is 61.2 Å². The number of pyridine rings is 1. The van der Waals surface area contributed by atoms with E-state index in [0.717, 1.165) is 18.4 Å². The molecule has 2 saturated heterocycles. The van der Waals surface area contributed by atoms with Crippen molar-refractivity contribution in [1.29, 1.82) is 5.26 Å². The number of hydrogen-bond acceptors (Lipinski definition) is 5. The molecule has 2 aliphatic heterocycles. The van der Waals surface area contributed by atoms with Gasteiger partial charge in [-0.25, -0.2) is 14.4 Å². The molecule has 0 radical (unpaired) electrons. The lowest BCUT2D eigenvalue weighted by Crippen LogP contribution is -2.50. The van der Waals surface area contributed by atoms with E-state index in [4.69, 9.17) is 0 Å². The lowest BCUT2D eigenvalue weighted by molar-refractivity contribution is 0.0436. The van der Waals surface area contributed by atoms with Crippen LogP contribution in [0.5, 0.6) is 0 Å². The minimum atomic E-state index is -0.551. The number of amides is 1. The van der Waals surface area contributed by atoms with Gasteiger partial charge in [0.25, 0.3) is 5.91 Å². The highest BCUT2D eigenvalue weighted by molar-refractivity contribution is 6.00. The van der Waals surface area contributed by atoms with Crippen LogP contribution in [0.4, 0.5) is 4.39 Å². The summed E-state index contributed by atoms with van der Waals surface area (Å²) in [6.45, 7) is 0. The molecule has 0 N–H and O–H groups in total. The SMILES string of the molecule is N#CC1(Cc2ccc(F)cc2)CC2CCC(C1)N2C(=O)c1cccnc1-c1ccncn1. The largest absolute Gasteiger partial charge is 0.332 e. The number of rotatable bonds is 4. The van der Waals surface area contributed by atoms with Crippen molar-refractivity contribution in [3.63, 3.8) is 0 Å². The molecule has 160 valence electrons. The van der Waals surface area contributed by atoms with Gasteiger partial charge in [0.15, 0.2) is 0 Å². The van der Waals surface area contributed by atoms with Crippen molar-refractivity contribution in [1.82, 2.24) is 19.9 Å². The Balaban J connectivity index is 1.42. The molecule has 6 nitrogen and oxygen atoms in total. The minimum absolute atomic E-state index is 0.000182. The van der Waals surface area contributed by atoms with E-state index in [1.54, 1.807) is 42.7 Å². The fraction of sp³-hybridized carbons (Fsp3) is 0.320. The number of carbonyl (C=O) groups is 1. The lowest BCUT2D eigenvalue weighted by Gasteiger charge is -2.43. The summed E-state index contributed by atoms with van der Waals surface area (Å²) in [7, 11) is 0. The Labute approximate surface area is 185 Å². The van der Waals surface area contributed by atoms with Crippen molar-refractivity contribution in [2.75, 3.05) is 0 Å². The van der Waals surface area contributed by atoms with Gasteiger partial charge in [-0.05, 0) is 68.0 Å². The monoisotopic (exact) mass is 427 g/mol. The molecule has 0 spiro atoms. The summed E-state index contributed by atoms with van der Waals surface area (Å²) in [4.78, 5) is 28.3. The molecule has 2 aromatic heterocycles. The van der Waals surface area contributed by atoms with E-state index in [1.807, 2.05) is 4.90 Å². The Morgan fingerprint density at radius 3 is 2.50 bits per heavy atom. The van der Waals surface area contributed by atoms with E-state index in [-0.39, 0.29) is 23.8 Å². The average Bonchev–Trinajstić information content (AvgIpc) is 3.12. The molecule has 2 unspecified atom stereocenters. The molecule has 32 heavy (non-hydrogen) atoms. The summed E-state index contributed by atoms with van der Waals surface area (Å²) >= 11 is 0. The third-order valence-corrected chi connectivity index (χ3v) is 6.66. The van der Waals surface area contributed by atoms with Crippen molar-refractivity contribution < 1.29 is 9.18 Å². The predicted octanol–water partition coefficient (Wildman–Crippen LogP) is 4.20. The van der Waals surface area contributed by atoms with E-state index >= 15 is 0 Å². The number of fused-ring (bicyclic) bond motifs is 2. The molecule has 4 heterocycles. The van der Waals surface area contributed by atoms with Gasteiger partial charge >= 0.3 is 0 Å². The molecule has 7 heteroatoms. The molecule has 1 aromatic carbocycles. The standard InChI is InChI=1S/C25H22FN5O/c26-18-5-3-17(4-6-18)12-25(15-27)13-19-7-8-20(14-25)31(19)24(32)21-2-1-10-29-23(21)22-9-11-28-16-30-22/h1-6,9-11,16,19-20H,7-8,12-14H2. The Morgan fingerprint density at radius 1 is 1.09 bits per heavy atom. The number of nitrogens with zero attached hydrogens (tertiary/aromatic N) is 5. The van der Waals surface area contributed by atoms with Crippen LogP contribution in [0.3, 0.4) is 0 Å². The first kappa shape index (κ1) is 20.3. The molecule has 0 aliphatic carbocycles. The molecule has 2 aliphatic rings. The van der Waals surface area contributed by atoms with Crippen LogP contribution in [-0.4, -0.2) is 37.8 Å². The first-order chi connectivity index (χ1) is 15.6. The molecule has 2 fully saturated rings. The Hall–Kier alpha value is -3.66. The van der Waals surface area contributed by atoms with Gasteiger partial charge < -0.3 is 4.90 Å². The average molecular weight is 427 g/mol. The summed E-state index contributed by atoms with van der Waals surface area (Å²) in [6, 6.07) is 14.2. The van der Waals surface area contributed by atoms with E-state index in [2.05, 4.69) is 21.0 Å². The maximum Gasteiger partial charge on any atom is 0.256 e. The van der Waals surface area contributed by atoms with Gasteiger partial charge in [0.2, 0.25) is 0 Å². The summed E-state index contributed by atoms with van der Waals surface area (Å²) in [6.07, 6.45) is 8.30. The molecule has 1 amide bonds. The van der Waals surface area contributed by atoms with Crippen LogP contribution < -0.4 is 0 Å². The molecule has 2 bridgehead atoms. The van der Waals surface area contributed by atoms with Gasteiger partial charge in [-0.15, -0.1) is 0 Å². The van der Waals surface area contributed by atoms with Gasteiger partial charge in [0, 0.05) is 24.5 Å². The molecule has 0 saturated carbocycles. The van der Waals surface area contributed by atoms with Crippen LogP contribution >= 0.6 is 0 Å². The number of carbonyl (C=O) groups excluding carboxylic acids is 1. The van der Waals surface area contributed by atoms with Gasteiger partial charge in [-0.1, -0.05) is 12.1 Å². The zero-order valence-corrected chi connectivity index (χ0v) is 17.5. The van der Waals surface area contributed by atoms with Crippen LogP contribution in [0.25, 0.3) is 11.4 Å². The van der Waals surface area contributed by atoms with Crippen molar-refractivity contribution in [3.05, 3.63) is 78.1 Å². The summed E-state index contributed by atoms with van der Waals surface area (Å²) in [5, 5.41) is 10.1. The van der Waals surface area contributed by atoms with Crippen LogP contribution in [0.1, 0.15) is 41.6 Å². The van der Waals surface area contributed by atoms with Gasteiger partial charge in [0.05, 0.1) is 22.7 Å². The first-order valence-corrected chi connectivity index (χ1v) is 10.8. The first-order valence-electron chi connectivity index (χ1n) is 10.8. The normalized spacial score (nSPS) is 24.2. The second-order valence-corrected chi connectivity index (χ2v) is 8.70. The zero-order chi connectivity index (χ0) is 22.1. The third kappa shape index (κ3) is 3.62. The highest BCUT2D eigenvalue weighted by Gasteiger charge is 2.50. The maximum absolute atomic E-state index is 13.7. The lowest BCUT2D eigenvalue weighted by atomic mass is 9.72. The molecular weight excluding hydrogens is 405 g/mol. The Morgan fingerprint density at radius 2 is 1.84 bits per heavy atom. The van der Waals surface area contributed by atoms with Crippen molar-refractivity contribution in [2.45, 2.75) is 44.2 Å². The molecular formula is C25H22FN5O. The summed E-state index contributed by atoms with van der Waals surface area (Å²) in [5.41, 5.74) is 2.07. The van der Waals surface area contributed by atoms with Gasteiger partial charge in [-0.2, -0.15) is 5.26 Å².